The second-order valence-electron chi connectivity index (χ2n) is 7.92. The van der Waals surface area contributed by atoms with Gasteiger partial charge in [0.05, 0.1) is 0 Å². The first-order valence-electron chi connectivity index (χ1n) is 8.78. The third-order valence-electron chi connectivity index (χ3n) is 4.83. The van der Waals surface area contributed by atoms with Gasteiger partial charge in [0.25, 0.3) is 5.91 Å². The maximum absolute atomic E-state index is 12.4. The maximum Gasteiger partial charge on any atom is 0.251 e. The van der Waals surface area contributed by atoms with Gasteiger partial charge < -0.3 is 5.32 Å². The number of hydrogen-bond acceptors (Lipinski definition) is 2. The number of fused-ring (bicyclic) bond motifs is 1. The van der Waals surface area contributed by atoms with Crippen molar-refractivity contribution in [2.24, 2.45) is 5.41 Å². The molecule has 2 aromatic carbocycles. The number of carbonyl (C=O) groups excluding carboxylic acids is 2. The third kappa shape index (κ3) is 3.23. The van der Waals surface area contributed by atoms with Crippen LogP contribution in [0.1, 0.15) is 59.5 Å². The molecular weight excluding hydrogens is 310 g/mol. The van der Waals surface area contributed by atoms with E-state index in [-0.39, 0.29) is 23.1 Å². The summed E-state index contributed by atoms with van der Waals surface area (Å²) in [5.74, 6) is 0.157. The van der Waals surface area contributed by atoms with Crippen molar-refractivity contribution in [3.63, 3.8) is 0 Å². The number of rotatable bonds is 3. The molecule has 0 bridgehead atoms. The zero-order valence-electron chi connectivity index (χ0n) is 15.6. The molecule has 3 heteroatoms. The lowest BCUT2D eigenvalue weighted by atomic mass is 9.89. The van der Waals surface area contributed by atoms with E-state index in [2.05, 4.69) is 11.4 Å². The number of benzene rings is 2. The maximum atomic E-state index is 12.4. The van der Waals surface area contributed by atoms with Crippen LogP contribution in [0.4, 0.5) is 0 Å². The smallest absolute Gasteiger partial charge is 0.251 e. The summed E-state index contributed by atoms with van der Waals surface area (Å²) in [5.41, 5.74) is 5.48. The quantitative estimate of drug-likeness (QED) is 0.893. The Hall–Kier alpha value is -2.42. The molecule has 0 spiro atoms. The summed E-state index contributed by atoms with van der Waals surface area (Å²) in [6, 6.07) is 11.9. The lowest BCUT2D eigenvalue weighted by Gasteiger charge is -2.13. The normalized spacial score (nSPS) is 15.4. The van der Waals surface area contributed by atoms with E-state index in [4.69, 9.17) is 0 Å². The fourth-order valence-electron chi connectivity index (χ4n) is 3.47. The fourth-order valence-corrected chi connectivity index (χ4v) is 3.47. The number of hydrogen-bond donors (Lipinski definition) is 1. The van der Waals surface area contributed by atoms with Gasteiger partial charge in [0.1, 0.15) is 0 Å². The van der Waals surface area contributed by atoms with Crippen LogP contribution in [0.2, 0.25) is 0 Å². The molecule has 0 atom stereocenters. The molecule has 0 aliphatic heterocycles. The Kier molecular flexibility index (Phi) is 4.28. The van der Waals surface area contributed by atoms with E-state index in [0.717, 1.165) is 34.2 Å². The molecule has 2 aromatic rings. The number of aryl methyl sites for hydroxylation is 1. The molecule has 1 aliphatic rings. The minimum absolute atomic E-state index is 0.0614. The monoisotopic (exact) mass is 335 g/mol. The lowest BCUT2D eigenvalue weighted by molar-refractivity contribution is 0.0863. The minimum Gasteiger partial charge on any atom is -0.350 e. The van der Waals surface area contributed by atoms with Crippen LogP contribution in [-0.2, 0) is 6.42 Å². The minimum atomic E-state index is -0.324. The van der Waals surface area contributed by atoms with E-state index >= 15 is 0 Å². The van der Waals surface area contributed by atoms with E-state index in [1.54, 1.807) is 0 Å². The highest BCUT2D eigenvalue weighted by molar-refractivity contribution is 6.05. The summed E-state index contributed by atoms with van der Waals surface area (Å²) in [6.45, 7) is 9.94. The summed E-state index contributed by atoms with van der Waals surface area (Å²) >= 11 is 0. The van der Waals surface area contributed by atoms with Gasteiger partial charge >= 0.3 is 0 Å². The predicted molar refractivity (Wildman–Crippen MR) is 101 cm³/mol. The number of Topliss-reactive ketones (excluding diaryl/α,β-unsaturated/α-hetero) is 1. The Morgan fingerprint density at radius 1 is 1.08 bits per heavy atom. The lowest BCUT2D eigenvalue weighted by Crippen LogP contribution is -2.30. The van der Waals surface area contributed by atoms with Crippen LogP contribution in [-0.4, -0.2) is 17.7 Å². The van der Waals surface area contributed by atoms with Crippen molar-refractivity contribution < 1.29 is 9.59 Å². The molecule has 0 heterocycles. The molecule has 0 aromatic heterocycles. The van der Waals surface area contributed by atoms with E-state index < -0.39 is 0 Å². The predicted octanol–water partition coefficient (Wildman–Crippen LogP) is 4.57. The first kappa shape index (κ1) is 17.4. The van der Waals surface area contributed by atoms with Gasteiger partial charge in [-0.2, -0.15) is 0 Å². The summed E-state index contributed by atoms with van der Waals surface area (Å²) in [5, 5.41) is 2.93. The van der Waals surface area contributed by atoms with Gasteiger partial charge in [0, 0.05) is 22.6 Å². The van der Waals surface area contributed by atoms with Gasteiger partial charge in [-0.25, -0.2) is 0 Å². The summed E-state index contributed by atoms with van der Waals surface area (Å²) < 4.78 is 0. The number of nitrogens with one attached hydrogen (secondary N) is 1. The molecule has 0 radical (unpaired) electrons. The van der Waals surface area contributed by atoms with Gasteiger partial charge in [-0.15, -0.1) is 0 Å². The number of ketones is 1. The molecular formula is C22H25NO2. The number of carbonyl (C=O) groups is 2. The second kappa shape index (κ2) is 6.14. The van der Waals surface area contributed by atoms with Crippen LogP contribution in [0, 0.1) is 12.3 Å². The third-order valence-corrected chi connectivity index (χ3v) is 4.83. The van der Waals surface area contributed by atoms with Crippen LogP contribution in [0.15, 0.2) is 36.4 Å². The SMILES string of the molecule is Cc1ccc(C(=O)NC(C)C)cc1-c1ccc2c(c1)CC(C)(C)C2=O. The van der Waals surface area contributed by atoms with Gasteiger partial charge in [0.2, 0.25) is 0 Å². The first-order chi connectivity index (χ1) is 11.7. The van der Waals surface area contributed by atoms with E-state index in [1.165, 1.54) is 0 Å². The van der Waals surface area contributed by atoms with Crippen molar-refractivity contribution >= 4 is 11.7 Å². The average molecular weight is 335 g/mol. The molecule has 3 nitrogen and oxygen atoms in total. The Labute approximate surface area is 149 Å². The Morgan fingerprint density at radius 2 is 1.80 bits per heavy atom. The van der Waals surface area contributed by atoms with Crippen molar-refractivity contribution in [3.8, 4) is 11.1 Å². The van der Waals surface area contributed by atoms with E-state index in [9.17, 15) is 9.59 Å². The van der Waals surface area contributed by atoms with E-state index in [1.807, 2.05) is 65.0 Å². The fraction of sp³-hybridized carbons (Fsp3) is 0.364. The van der Waals surface area contributed by atoms with Crippen molar-refractivity contribution in [2.45, 2.75) is 47.1 Å². The van der Waals surface area contributed by atoms with Crippen LogP contribution in [0.3, 0.4) is 0 Å². The highest BCUT2D eigenvalue weighted by Crippen LogP contribution is 2.38. The van der Waals surface area contributed by atoms with Crippen LogP contribution in [0.25, 0.3) is 11.1 Å². The molecule has 130 valence electrons. The highest BCUT2D eigenvalue weighted by Gasteiger charge is 2.37. The van der Waals surface area contributed by atoms with Crippen LogP contribution >= 0.6 is 0 Å². The zero-order chi connectivity index (χ0) is 18.4. The summed E-state index contributed by atoms with van der Waals surface area (Å²) in [4.78, 5) is 24.7. The standard InChI is InChI=1S/C22H25NO2/c1-13(2)23-21(25)16-7-6-14(3)19(11-16)15-8-9-18-17(10-15)12-22(4,5)20(18)24/h6-11,13H,12H2,1-5H3,(H,23,25). The summed E-state index contributed by atoms with van der Waals surface area (Å²) in [7, 11) is 0. The topological polar surface area (TPSA) is 46.2 Å². The van der Waals surface area contributed by atoms with Crippen LogP contribution < -0.4 is 5.32 Å². The Bertz CT molecular complexity index is 862. The Morgan fingerprint density at radius 3 is 2.48 bits per heavy atom. The van der Waals surface area contributed by atoms with Crippen molar-refractivity contribution in [1.29, 1.82) is 0 Å². The van der Waals surface area contributed by atoms with Gasteiger partial charge in [0.15, 0.2) is 5.78 Å². The zero-order valence-corrected chi connectivity index (χ0v) is 15.6. The van der Waals surface area contributed by atoms with Gasteiger partial charge in [-0.05, 0) is 61.6 Å². The molecule has 0 saturated carbocycles. The molecule has 1 N–H and O–H groups in total. The van der Waals surface area contributed by atoms with Crippen molar-refractivity contribution in [1.82, 2.24) is 5.32 Å². The van der Waals surface area contributed by atoms with Crippen LogP contribution in [0.5, 0.6) is 0 Å². The molecule has 1 aliphatic carbocycles. The molecule has 1 amide bonds. The summed E-state index contributed by atoms with van der Waals surface area (Å²) in [6.07, 6.45) is 0.765. The van der Waals surface area contributed by atoms with Gasteiger partial charge in [-0.1, -0.05) is 38.1 Å². The molecule has 0 fully saturated rings. The molecule has 0 saturated heterocycles. The molecule has 25 heavy (non-hydrogen) atoms. The van der Waals surface area contributed by atoms with E-state index in [0.29, 0.717) is 5.56 Å². The number of amides is 1. The average Bonchev–Trinajstić information content (AvgIpc) is 2.76. The largest absolute Gasteiger partial charge is 0.350 e. The molecule has 0 unspecified atom stereocenters. The first-order valence-corrected chi connectivity index (χ1v) is 8.78. The van der Waals surface area contributed by atoms with Crippen molar-refractivity contribution in [2.75, 3.05) is 0 Å². The van der Waals surface area contributed by atoms with Gasteiger partial charge in [-0.3, -0.25) is 9.59 Å². The highest BCUT2D eigenvalue weighted by atomic mass is 16.1. The Balaban J connectivity index is 2.01. The van der Waals surface area contributed by atoms with Crippen molar-refractivity contribution in [3.05, 3.63) is 58.7 Å². The second-order valence-corrected chi connectivity index (χ2v) is 7.92. The molecule has 3 rings (SSSR count).